The summed E-state index contributed by atoms with van der Waals surface area (Å²) in [5, 5.41) is 0. The lowest BCUT2D eigenvalue weighted by molar-refractivity contribution is 0.350. The zero-order valence-corrected chi connectivity index (χ0v) is 7.83. The molecule has 1 aliphatic carbocycles. The highest BCUT2D eigenvalue weighted by Crippen LogP contribution is 2.25. The lowest BCUT2D eigenvalue weighted by Crippen LogP contribution is -2.44. The van der Waals surface area contributed by atoms with Gasteiger partial charge in [0.15, 0.2) is 0 Å². The van der Waals surface area contributed by atoms with Crippen molar-refractivity contribution in [3.05, 3.63) is 23.9 Å². The van der Waals surface area contributed by atoms with Gasteiger partial charge in [-0.1, -0.05) is 6.08 Å². The predicted molar refractivity (Wildman–Crippen MR) is 49.3 cm³/mol. The van der Waals surface area contributed by atoms with E-state index in [4.69, 9.17) is 5.73 Å². The Balaban J connectivity index is 2.51. The van der Waals surface area contributed by atoms with Crippen LogP contribution in [0.5, 0.6) is 0 Å². The van der Waals surface area contributed by atoms with E-state index in [9.17, 15) is 12.8 Å². The van der Waals surface area contributed by atoms with Crippen LogP contribution in [0.15, 0.2) is 28.3 Å². The highest BCUT2D eigenvalue weighted by molar-refractivity contribution is 7.88. The monoisotopic (exact) mass is 217 g/mol. The molecule has 1 unspecified atom stereocenters. The molecule has 1 heterocycles. The van der Waals surface area contributed by atoms with Gasteiger partial charge in [0.1, 0.15) is 12.0 Å². The van der Waals surface area contributed by atoms with Crippen LogP contribution in [-0.2, 0) is 10.2 Å². The van der Waals surface area contributed by atoms with Gasteiger partial charge in [0.05, 0.1) is 5.92 Å². The van der Waals surface area contributed by atoms with Crippen molar-refractivity contribution in [3.8, 4) is 0 Å². The summed E-state index contributed by atoms with van der Waals surface area (Å²) in [6, 6.07) is 0. The van der Waals surface area contributed by atoms with Crippen LogP contribution >= 0.6 is 0 Å². The number of hydrogen-bond acceptors (Lipinski definition) is 3. The summed E-state index contributed by atoms with van der Waals surface area (Å²) in [5.74, 6) is -1.02. The van der Waals surface area contributed by atoms with Gasteiger partial charge in [0.25, 0.3) is 0 Å². The maximum atomic E-state index is 13.3. The zero-order chi connectivity index (χ0) is 10.3. The first-order valence-electron chi connectivity index (χ1n) is 3.90. The Bertz CT molecular complexity index is 452. The smallest absolute Gasteiger partial charge is 0.343 e. The fourth-order valence-electron chi connectivity index (χ4n) is 1.44. The maximum Gasteiger partial charge on any atom is 0.343 e. The molecule has 0 aromatic rings. The molecule has 0 amide bonds. The van der Waals surface area contributed by atoms with E-state index < -0.39 is 22.3 Å². The van der Waals surface area contributed by atoms with Crippen molar-refractivity contribution < 1.29 is 12.8 Å². The Kier molecular flexibility index (Phi) is 1.84. The molecule has 3 N–H and O–H groups in total. The fraction of sp³-hybridized carbons (Fsp3) is 0.286. The topological polar surface area (TPSA) is 84.5 Å². The highest BCUT2D eigenvalue weighted by Gasteiger charge is 2.35. The van der Waals surface area contributed by atoms with E-state index in [1.165, 1.54) is 18.2 Å². The zero-order valence-electron chi connectivity index (χ0n) is 7.01. The Morgan fingerprint density at radius 3 is 3.00 bits per heavy atom. The minimum Gasteiger partial charge on any atom is -0.386 e. The third-order valence-corrected chi connectivity index (χ3v) is 2.96. The second-order valence-corrected chi connectivity index (χ2v) is 4.36. The van der Waals surface area contributed by atoms with E-state index >= 15 is 0 Å². The fourth-order valence-corrected chi connectivity index (χ4v) is 2.37. The van der Waals surface area contributed by atoms with E-state index in [2.05, 4.69) is 9.12 Å². The summed E-state index contributed by atoms with van der Waals surface area (Å²) in [6.45, 7) is 0. The third-order valence-electron chi connectivity index (χ3n) is 2.02. The molecule has 76 valence electrons. The van der Waals surface area contributed by atoms with Crippen LogP contribution in [0.4, 0.5) is 4.39 Å². The summed E-state index contributed by atoms with van der Waals surface area (Å²) >= 11 is 0. The number of allylic oxidation sites excluding steroid dienone is 3. The first-order chi connectivity index (χ1) is 6.49. The van der Waals surface area contributed by atoms with Gasteiger partial charge >= 0.3 is 10.2 Å². The summed E-state index contributed by atoms with van der Waals surface area (Å²) in [5.41, 5.74) is 5.60. The van der Waals surface area contributed by atoms with Gasteiger partial charge in [-0.2, -0.15) is 8.42 Å². The average Bonchev–Trinajstić information content (AvgIpc) is 2.00. The molecule has 0 aromatic heterocycles. The van der Waals surface area contributed by atoms with E-state index in [1.807, 2.05) is 0 Å². The van der Waals surface area contributed by atoms with Crippen LogP contribution in [0.3, 0.4) is 0 Å². The molecular formula is C7H8FN3O2S. The molecule has 2 atom stereocenters. The van der Waals surface area contributed by atoms with E-state index in [1.54, 1.807) is 0 Å². The number of nitrogens with two attached hydrogens (primary N) is 1. The molecule has 2 rings (SSSR count). The summed E-state index contributed by atoms with van der Waals surface area (Å²) in [4.78, 5) is 0. The molecule has 2 aliphatic rings. The lowest BCUT2D eigenvalue weighted by Gasteiger charge is -2.27. The molecular weight excluding hydrogens is 209 g/mol. The third kappa shape index (κ3) is 1.39. The molecule has 14 heavy (non-hydrogen) atoms. The molecule has 0 radical (unpaired) electrons. The quantitative estimate of drug-likeness (QED) is 0.579. The number of nitrogens with zero attached hydrogens (tertiary/aromatic N) is 1. The van der Waals surface area contributed by atoms with Gasteiger partial charge in [0, 0.05) is 5.70 Å². The average molecular weight is 217 g/mol. The Labute approximate surface area is 80.4 Å². The number of alkyl halides is 1. The van der Waals surface area contributed by atoms with E-state index in [0.717, 1.165) is 0 Å². The SMILES string of the molecule is NC1=NS(=O)(=O)NC2=CC=CC(F)[C@@H]21. The van der Waals surface area contributed by atoms with Crippen LogP contribution < -0.4 is 10.5 Å². The van der Waals surface area contributed by atoms with Crippen molar-refractivity contribution in [3.63, 3.8) is 0 Å². The van der Waals surface area contributed by atoms with Crippen molar-refractivity contribution in [1.82, 2.24) is 4.72 Å². The van der Waals surface area contributed by atoms with Crippen LogP contribution in [0, 0.1) is 5.92 Å². The Hall–Kier alpha value is -1.37. The summed E-state index contributed by atoms with van der Waals surface area (Å²) in [6.07, 6.45) is 2.88. The van der Waals surface area contributed by atoms with Gasteiger partial charge in [-0.25, -0.2) is 4.39 Å². The maximum absolute atomic E-state index is 13.3. The molecule has 0 saturated carbocycles. The number of hydrogen-bond donors (Lipinski definition) is 2. The van der Waals surface area contributed by atoms with Crippen molar-refractivity contribution in [2.45, 2.75) is 6.17 Å². The molecule has 0 spiro atoms. The summed E-state index contributed by atoms with van der Waals surface area (Å²) in [7, 11) is -3.78. The number of fused-ring (bicyclic) bond motifs is 1. The van der Waals surface area contributed by atoms with Crippen LogP contribution in [-0.4, -0.2) is 20.4 Å². The van der Waals surface area contributed by atoms with Gasteiger partial charge in [-0.15, -0.1) is 4.40 Å². The lowest BCUT2D eigenvalue weighted by atomic mass is 9.94. The number of amidine groups is 1. The number of halogens is 1. The second-order valence-electron chi connectivity index (χ2n) is 3.02. The predicted octanol–water partition coefficient (Wildman–Crippen LogP) is -0.400. The number of rotatable bonds is 0. The normalized spacial score (nSPS) is 33.8. The highest BCUT2D eigenvalue weighted by atomic mass is 32.2. The van der Waals surface area contributed by atoms with Gasteiger partial charge in [-0.3, -0.25) is 4.72 Å². The standard InChI is InChI=1S/C7H8FN3O2S/c8-4-2-1-3-5-6(4)7(9)11-14(12,13)10-5/h1-4,6,10H,(H2,9,11)/t4?,6-/m0/s1. The van der Waals surface area contributed by atoms with Crippen molar-refractivity contribution in [1.29, 1.82) is 0 Å². The van der Waals surface area contributed by atoms with Crippen LogP contribution in [0.2, 0.25) is 0 Å². The van der Waals surface area contributed by atoms with Crippen molar-refractivity contribution in [2.24, 2.45) is 16.0 Å². The minimum absolute atomic E-state index is 0.216. The molecule has 5 nitrogen and oxygen atoms in total. The molecule has 0 bridgehead atoms. The molecule has 0 fully saturated rings. The minimum atomic E-state index is -3.78. The van der Waals surface area contributed by atoms with Crippen LogP contribution in [0.25, 0.3) is 0 Å². The summed E-state index contributed by atoms with van der Waals surface area (Å²) < 4.78 is 40.7. The molecule has 0 saturated heterocycles. The molecule has 0 aromatic carbocycles. The first kappa shape index (κ1) is 9.20. The first-order valence-corrected chi connectivity index (χ1v) is 5.34. The van der Waals surface area contributed by atoms with E-state index in [0.29, 0.717) is 0 Å². The largest absolute Gasteiger partial charge is 0.386 e. The molecule has 1 aliphatic heterocycles. The molecule has 7 heteroatoms. The van der Waals surface area contributed by atoms with Crippen LogP contribution in [0.1, 0.15) is 0 Å². The van der Waals surface area contributed by atoms with Gasteiger partial charge < -0.3 is 5.73 Å². The van der Waals surface area contributed by atoms with Gasteiger partial charge in [-0.05, 0) is 12.2 Å². The Morgan fingerprint density at radius 2 is 2.29 bits per heavy atom. The van der Waals surface area contributed by atoms with Crippen molar-refractivity contribution in [2.75, 3.05) is 0 Å². The van der Waals surface area contributed by atoms with E-state index in [-0.39, 0.29) is 11.5 Å². The van der Waals surface area contributed by atoms with Gasteiger partial charge in [0.2, 0.25) is 0 Å². The number of nitrogens with one attached hydrogen (secondary N) is 1. The van der Waals surface area contributed by atoms with Crippen molar-refractivity contribution >= 4 is 16.0 Å². The second kappa shape index (κ2) is 2.81. The Morgan fingerprint density at radius 1 is 1.57 bits per heavy atom.